The van der Waals surface area contributed by atoms with Crippen molar-refractivity contribution in [3.63, 3.8) is 0 Å². The summed E-state index contributed by atoms with van der Waals surface area (Å²) in [6.07, 6.45) is 2.33. The van der Waals surface area contributed by atoms with Crippen LogP contribution >= 0.6 is 23.2 Å². The van der Waals surface area contributed by atoms with E-state index in [1.165, 1.54) is 12.0 Å². The quantitative estimate of drug-likeness (QED) is 0.832. The first-order valence-corrected chi connectivity index (χ1v) is 8.19. The number of nitrogens with one attached hydrogen (secondary N) is 1. The van der Waals surface area contributed by atoms with Gasteiger partial charge in [-0.3, -0.25) is 0 Å². The first kappa shape index (κ1) is 14.6. The fraction of sp³-hybridized carbons (Fsp3) is 0.625. The number of halogens is 2. The Morgan fingerprint density at radius 2 is 2.15 bits per heavy atom. The van der Waals surface area contributed by atoms with E-state index in [1.807, 2.05) is 13.0 Å². The van der Waals surface area contributed by atoms with Crippen LogP contribution < -0.4 is 5.32 Å². The highest BCUT2D eigenvalue weighted by Gasteiger charge is 2.64. The van der Waals surface area contributed by atoms with Crippen LogP contribution in [0.1, 0.15) is 25.3 Å². The lowest BCUT2D eigenvalue weighted by atomic mass is 9.88. The van der Waals surface area contributed by atoms with Crippen molar-refractivity contribution in [3.8, 4) is 0 Å². The van der Waals surface area contributed by atoms with Gasteiger partial charge < -0.3 is 10.1 Å². The Morgan fingerprint density at radius 1 is 1.30 bits per heavy atom. The molecule has 0 radical (unpaired) electrons. The molecule has 1 saturated heterocycles. The Balaban J connectivity index is 1.87. The number of rotatable bonds is 5. The van der Waals surface area contributed by atoms with Gasteiger partial charge in [0.1, 0.15) is 0 Å². The van der Waals surface area contributed by atoms with Crippen LogP contribution in [0.3, 0.4) is 0 Å². The van der Waals surface area contributed by atoms with Crippen molar-refractivity contribution < 1.29 is 4.74 Å². The largest absolute Gasteiger partial charge is 0.382 e. The average Bonchev–Trinajstić information content (AvgIpc) is 3.12. The molecule has 1 aliphatic heterocycles. The minimum atomic E-state index is 0.243. The van der Waals surface area contributed by atoms with Crippen LogP contribution in [0.5, 0.6) is 0 Å². The SMILES string of the molecule is CCOCC[C@]1(c2ccc(Cl)c(Cl)c2)C2CNCC[C@@H]21. The first-order valence-electron chi connectivity index (χ1n) is 7.44. The smallest absolute Gasteiger partial charge is 0.0595 e. The minimum absolute atomic E-state index is 0.243. The average molecular weight is 314 g/mol. The number of hydrogen-bond donors (Lipinski definition) is 1. The fourth-order valence-electron chi connectivity index (χ4n) is 4.02. The van der Waals surface area contributed by atoms with Crippen LogP contribution in [0.2, 0.25) is 10.0 Å². The molecule has 2 fully saturated rings. The van der Waals surface area contributed by atoms with E-state index < -0.39 is 0 Å². The molecule has 1 unspecified atom stereocenters. The second kappa shape index (κ2) is 5.84. The first-order chi connectivity index (χ1) is 9.70. The Labute approximate surface area is 130 Å². The predicted molar refractivity (Wildman–Crippen MR) is 83.7 cm³/mol. The number of ether oxygens (including phenoxy) is 1. The standard InChI is InChI=1S/C16H21Cl2NO/c1-2-20-8-6-16(12-5-7-19-10-13(12)16)11-3-4-14(17)15(18)9-11/h3-4,9,12-13,19H,2,5-8,10H2,1H3/t12-,13?,16+/m0/s1. The van der Waals surface area contributed by atoms with Gasteiger partial charge in [0.25, 0.3) is 0 Å². The van der Waals surface area contributed by atoms with Gasteiger partial charge in [-0.2, -0.15) is 0 Å². The highest BCUT2D eigenvalue weighted by molar-refractivity contribution is 6.42. The van der Waals surface area contributed by atoms with Crippen molar-refractivity contribution in [2.45, 2.75) is 25.2 Å². The molecule has 0 spiro atoms. The third-order valence-electron chi connectivity index (χ3n) is 5.02. The topological polar surface area (TPSA) is 21.3 Å². The van der Waals surface area contributed by atoms with Crippen molar-refractivity contribution in [1.29, 1.82) is 0 Å². The van der Waals surface area contributed by atoms with E-state index in [-0.39, 0.29) is 5.41 Å². The van der Waals surface area contributed by atoms with Crippen LogP contribution in [-0.4, -0.2) is 26.3 Å². The number of benzene rings is 1. The normalized spacial score (nSPS) is 31.9. The molecule has 0 amide bonds. The Hall–Kier alpha value is -0.280. The van der Waals surface area contributed by atoms with Gasteiger partial charge in [0.05, 0.1) is 10.0 Å². The lowest BCUT2D eigenvalue weighted by Crippen LogP contribution is -2.24. The van der Waals surface area contributed by atoms with E-state index in [0.29, 0.717) is 16.0 Å². The monoisotopic (exact) mass is 313 g/mol. The van der Waals surface area contributed by atoms with Crippen LogP contribution in [0, 0.1) is 11.8 Å². The summed E-state index contributed by atoms with van der Waals surface area (Å²) < 4.78 is 5.61. The highest BCUT2D eigenvalue weighted by Crippen LogP contribution is 2.64. The zero-order chi connectivity index (χ0) is 14.2. The van der Waals surface area contributed by atoms with Crippen molar-refractivity contribution >= 4 is 23.2 Å². The summed E-state index contributed by atoms with van der Waals surface area (Å²) in [4.78, 5) is 0. The highest BCUT2D eigenvalue weighted by atomic mass is 35.5. The van der Waals surface area contributed by atoms with Crippen LogP contribution in [0.15, 0.2) is 18.2 Å². The molecule has 1 N–H and O–H groups in total. The van der Waals surface area contributed by atoms with Gasteiger partial charge in [0.15, 0.2) is 0 Å². The minimum Gasteiger partial charge on any atom is -0.382 e. The van der Waals surface area contributed by atoms with Crippen molar-refractivity contribution in [2.24, 2.45) is 11.8 Å². The molecule has 0 bridgehead atoms. The summed E-state index contributed by atoms with van der Waals surface area (Å²) in [7, 11) is 0. The molecule has 1 aromatic rings. The summed E-state index contributed by atoms with van der Waals surface area (Å²) in [5.41, 5.74) is 1.58. The van der Waals surface area contributed by atoms with E-state index >= 15 is 0 Å². The van der Waals surface area contributed by atoms with E-state index in [4.69, 9.17) is 27.9 Å². The van der Waals surface area contributed by atoms with Crippen LogP contribution in [0.4, 0.5) is 0 Å². The van der Waals surface area contributed by atoms with Gasteiger partial charge in [-0.15, -0.1) is 0 Å². The molecule has 2 aliphatic rings. The summed E-state index contributed by atoms with van der Waals surface area (Å²) in [6.45, 7) is 5.89. The molecular weight excluding hydrogens is 293 g/mol. The van der Waals surface area contributed by atoms with Crippen LogP contribution in [-0.2, 0) is 10.2 Å². The van der Waals surface area contributed by atoms with Gasteiger partial charge >= 0.3 is 0 Å². The van der Waals surface area contributed by atoms with Gasteiger partial charge in [-0.25, -0.2) is 0 Å². The lowest BCUT2D eigenvalue weighted by molar-refractivity contribution is 0.134. The molecule has 1 saturated carbocycles. The maximum atomic E-state index is 6.23. The fourth-order valence-corrected chi connectivity index (χ4v) is 4.32. The Morgan fingerprint density at radius 3 is 2.80 bits per heavy atom. The molecule has 2 nitrogen and oxygen atoms in total. The van der Waals surface area contributed by atoms with Crippen LogP contribution in [0.25, 0.3) is 0 Å². The molecular formula is C16H21Cl2NO. The Bertz CT molecular complexity index is 479. The molecule has 0 aromatic heterocycles. The molecule has 3 atom stereocenters. The van der Waals surface area contributed by atoms with Crippen molar-refractivity contribution in [2.75, 3.05) is 26.3 Å². The molecule has 1 aromatic carbocycles. The van der Waals surface area contributed by atoms with E-state index in [9.17, 15) is 0 Å². The van der Waals surface area contributed by atoms with Crippen molar-refractivity contribution in [1.82, 2.24) is 5.32 Å². The summed E-state index contributed by atoms with van der Waals surface area (Å²) in [5, 5.41) is 4.82. The number of piperidine rings is 1. The van der Waals surface area contributed by atoms with Gasteiger partial charge in [-0.1, -0.05) is 29.3 Å². The summed E-state index contributed by atoms with van der Waals surface area (Å²) in [5.74, 6) is 1.48. The second-order valence-corrected chi connectivity index (χ2v) is 6.64. The number of hydrogen-bond acceptors (Lipinski definition) is 2. The molecule has 1 heterocycles. The molecule has 20 heavy (non-hydrogen) atoms. The van der Waals surface area contributed by atoms with E-state index in [2.05, 4.69) is 17.4 Å². The predicted octanol–water partition coefficient (Wildman–Crippen LogP) is 3.90. The summed E-state index contributed by atoms with van der Waals surface area (Å²) >= 11 is 12.3. The lowest BCUT2D eigenvalue weighted by Gasteiger charge is -2.19. The van der Waals surface area contributed by atoms with Gasteiger partial charge in [0, 0.05) is 18.6 Å². The third-order valence-corrected chi connectivity index (χ3v) is 5.76. The summed E-state index contributed by atoms with van der Waals surface area (Å²) in [6, 6.07) is 6.14. The molecule has 3 rings (SSSR count). The Kier molecular flexibility index (Phi) is 4.28. The maximum Gasteiger partial charge on any atom is 0.0595 e. The van der Waals surface area contributed by atoms with Gasteiger partial charge in [0.2, 0.25) is 0 Å². The van der Waals surface area contributed by atoms with E-state index in [1.54, 1.807) is 0 Å². The van der Waals surface area contributed by atoms with Crippen molar-refractivity contribution in [3.05, 3.63) is 33.8 Å². The zero-order valence-electron chi connectivity index (χ0n) is 11.8. The zero-order valence-corrected chi connectivity index (χ0v) is 13.3. The number of fused-ring (bicyclic) bond motifs is 1. The van der Waals surface area contributed by atoms with E-state index in [0.717, 1.165) is 38.6 Å². The molecule has 110 valence electrons. The van der Waals surface area contributed by atoms with Gasteiger partial charge in [-0.05, 0) is 62.4 Å². The second-order valence-electron chi connectivity index (χ2n) is 5.82. The maximum absolute atomic E-state index is 6.23. The third kappa shape index (κ3) is 2.37. The molecule has 4 heteroatoms. The molecule has 1 aliphatic carbocycles.